The summed E-state index contributed by atoms with van der Waals surface area (Å²) in [5.74, 6) is -0.982. The third-order valence-corrected chi connectivity index (χ3v) is 3.24. The lowest BCUT2D eigenvalue weighted by atomic mass is 10.1. The zero-order valence-electron chi connectivity index (χ0n) is 17.1. The first-order valence-electron chi connectivity index (χ1n) is 8.95. The molecule has 2 rings (SSSR count). The summed E-state index contributed by atoms with van der Waals surface area (Å²) in [5.41, 5.74) is -0.694. The molecule has 0 aliphatic carbocycles. The maximum Gasteiger partial charge on any atom is 0.390 e. The predicted molar refractivity (Wildman–Crippen MR) is 104 cm³/mol. The van der Waals surface area contributed by atoms with Gasteiger partial charge in [-0.3, -0.25) is 0 Å². The second-order valence-corrected chi connectivity index (χ2v) is 8.16. The van der Waals surface area contributed by atoms with Gasteiger partial charge in [-0.2, -0.15) is 0 Å². The summed E-state index contributed by atoms with van der Waals surface area (Å²) in [5, 5.41) is 0. The highest BCUT2D eigenvalue weighted by Crippen LogP contribution is 2.26. The first-order chi connectivity index (χ1) is 13.0. The zero-order valence-corrected chi connectivity index (χ0v) is 17.1. The molecular weight excluding hydrogens is 360 g/mol. The summed E-state index contributed by atoms with van der Waals surface area (Å²) < 4.78 is 11.5. The Kier molecular flexibility index (Phi) is 6.33. The van der Waals surface area contributed by atoms with Gasteiger partial charge in [0.05, 0.1) is 0 Å². The third-order valence-electron chi connectivity index (χ3n) is 3.24. The number of carbonyl (C=O) groups excluding carboxylic acids is 2. The van der Waals surface area contributed by atoms with Crippen molar-refractivity contribution in [3.63, 3.8) is 0 Å². The minimum Gasteiger partial charge on any atom is -0.487 e. The summed E-state index contributed by atoms with van der Waals surface area (Å²) in [6.45, 7) is 11.2. The first-order valence-corrected chi connectivity index (χ1v) is 8.95. The number of hydrogen-bond donors (Lipinski definition) is 0. The summed E-state index contributed by atoms with van der Waals surface area (Å²) in [4.78, 5) is 34.3. The standard InChI is InChI=1S/C22H26O6/c1-21(2,3)25-17-13-9-7-11-15(17)19(23)27-28-20(24)16-12-8-10-14-18(16)26-22(4,5)6/h7-14H,1-6H3. The van der Waals surface area contributed by atoms with Gasteiger partial charge < -0.3 is 9.47 Å². The van der Waals surface area contributed by atoms with Crippen LogP contribution in [0.1, 0.15) is 62.3 Å². The van der Waals surface area contributed by atoms with Crippen molar-refractivity contribution in [1.29, 1.82) is 0 Å². The molecule has 0 radical (unpaired) electrons. The lowest BCUT2D eigenvalue weighted by Gasteiger charge is -2.23. The van der Waals surface area contributed by atoms with Crippen LogP contribution in [0.2, 0.25) is 0 Å². The number of benzene rings is 2. The number of hydrogen-bond acceptors (Lipinski definition) is 6. The topological polar surface area (TPSA) is 71.1 Å². The van der Waals surface area contributed by atoms with Gasteiger partial charge in [-0.15, -0.1) is 0 Å². The van der Waals surface area contributed by atoms with E-state index in [4.69, 9.17) is 19.2 Å². The zero-order chi connectivity index (χ0) is 20.9. The number of para-hydroxylation sites is 2. The van der Waals surface area contributed by atoms with E-state index in [2.05, 4.69) is 0 Å². The van der Waals surface area contributed by atoms with Gasteiger partial charge in [-0.25, -0.2) is 19.4 Å². The Bertz CT molecular complexity index is 771. The smallest absolute Gasteiger partial charge is 0.390 e. The molecule has 0 aliphatic heterocycles. The summed E-state index contributed by atoms with van der Waals surface area (Å²) >= 11 is 0. The summed E-state index contributed by atoms with van der Waals surface area (Å²) in [6.07, 6.45) is 0. The molecule has 0 bridgehead atoms. The second kappa shape index (κ2) is 8.33. The van der Waals surface area contributed by atoms with Crippen LogP contribution in [0, 0.1) is 0 Å². The van der Waals surface area contributed by atoms with Crippen molar-refractivity contribution in [1.82, 2.24) is 0 Å². The van der Waals surface area contributed by atoms with Gasteiger partial charge in [0.15, 0.2) is 0 Å². The molecule has 0 aromatic heterocycles. The predicted octanol–water partition coefficient (Wildman–Crippen LogP) is 4.97. The molecule has 0 amide bonds. The Morgan fingerprint density at radius 3 is 1.25 bits per heavy atom. The molecular formula is C22H26O6. The van der Waals surface area contributed by atoms with Crippen LogP contribution in [-0.4, -0.2) is 23.1 Å². The van der Waals surface area contributed by atoms with Crippen LogP contribution in [0.25, 0.3) is 0 Å². The summed E-state index contributed by atoms with van der Waals surface area (Å²) in [7, 11) is 0. The molecule has 0 unspecified atom stereocenters. The molecule has 28 heavy (non-hydrogen) atoms. The van der Waals surface area contributed by atoms with E-state index in [1.54, 1.807) is 36.4 Å². The Hall–Kier alpha value is -3.02. The largest absolute Gasteiger partial charge is 0.487 e. The van der Waals surface area contributed by atoms with E-state index < -0.39 is 23.1 Å². The van der Waals surface area contributed by atoms with Crippen molar-refractivity contribution in [3.8, 4) is 11.5 Å². The van der Waals surface area contributed by atoms with Crippen LogP contribution in [-0.2, 0) is 9.78 Å². The van der Waals surface area contributed by atoms with Crippen molar-refractivity contribution in [2.45, 2.75) is 52.7 Å². The quantitative estimate of drug-likeness (QED) is 0.546. The molecule has 6 heteroatoms. The highest BCUT2D eigenvalue weighted by Gasteiger charge is 2.23. The normalized spacial score (nSPS) is 11.5. The fraction of sp³-hybridized carbons (Fsp3) is 0.364. The number of ether oxygens (including phenoxy) is 2. The lowest BCUT2D eigenvalue weighted by molar-refractivity contribution is -0.187. The van der Waals surface area contributed by atoms with Gasteiger partial charge in [0.25, 0.3) is 0 Å². The average molecular weight is 386 g/mol. The average Bonchev–Trinajstić information content (AvgIpc) is 2.57. The van der Waals surface area contributed by atoms with Gasteiger partial charge in [0, 0.05) is 0 Å². The van der Waals surface area contributed by atoms with Crippen LogP contribution >= 0.6 is 0 Å². The van der Waals surface area contributed by atoms with Crippen LogP contribution < -0.4 is 9.47 Å². The molecule has 6 nitrogen and oxygen atoms in total. The molecule has 0 aliphatic rings. The van der Waals surface area contributed by atoms with E-state index in [1.165, 1.54) is 12.1 Å². The van der Waals surface area contributed by atoms with Crippen LogP contribution in [0.5, 0.6) is 11.5 Å². The Morgan fingerprint density at radius 1 is 0.607 bits per heavy atom. The fourth-order valence-corrected chi connectivity index (χ4v) is 2.27. The molecule has 0 atom stereocenters. The molecule has 0 fully saturated rings. The summed E-state index contributed by atoms with van der Waals surface area (Å²) in [6, 6.07) is 13.2. The maximum absolute atomic E-state index is 12.4. The van der Waals surface area contributed by atoms with E-state index in [1.807, 2.05) is 41.5 Å². The molecule has 0 saturated carbocycles. The Labute approximate surface area is 165 Å². The molecule has 150 valence electrons. The van der Waals surface area contributed by atoms with Gasteiger partial charge in [-0.1, -0.05) is 24.3 Å². The monoisotopic (exact) mass is 386 g/mol. The molecule has 0 N–H and O–H groups in total. The lowest BCUT2D eigenvalue weighted by Crippen LogP contribution is -2.25. The third kappa shape index (κ3) is 6.30. The van der Waals surface area contributed by atoms with E-state index in [0.29, 0.717) is 11.5 Å². The molecule has 0 spiro atoms. The van der Waals surface area contributed by atoms with Crippen molar-refractivity contribution >= 4 is 11.9 Å². The first kappa shape index (κ1) is 21.3. The fourth-order valence-electron chi connectivity index (χ4n) is 2.27. The van der Waals surface area contributed by atoms with Gasteiger partial charge in [-0.05, 0) is 65.8 Å². The van der Waals surface area contributed by atoms with E-state index in [-0.39, 0.29) is 11.1 Å². The SMILES string of the molecule is CC(C)(C)Oc1ccccc1C(=O)OOC(=O)c1ccccc1OC(C)(C)C. The van der Waals surface area contributed by atoms with Gasteiger partial charge in [0.2, 0.25) is 0 Å². The molecule has 2 aromatic rings. The number of rotatable bonds is 4. The molecule has 2 aromatic carbocycles. The van der Waals surface area contributed by atoms with Crippen molar-refractivity contribution < 1.29 is 28.8 Å². The van der Waals surface area contributed by atoms with Gasteiger partial charge >= 0.3 is 11.9 Å². The van der Waals surface area contributed by atoms with E-state index in [9.17, 15) is 9.59 Å². The van der Waals surface area contributed by atoms with E-state index in [0.717, 1.165) is 0 Å². The van der Waals surface area contributed by atoms with E-state index >= 15 is 0 Å². The Balaban J connectivity index is 2.12. The van der Waals surface area contributed by atoms with Crippen molar-refractivity contribution in [3.05, 3.63) is 59.7 Å². The van der Waals surface area contributed by atoms with Crippen LogP contribution in [0.4, 0.5) is 0 Å². The highest BCUT2D eigenvalue weighted by atomic mass is 17.2. The Morgan fingerprint density at radius 2 is 0.929 bits per heavy atom. The molecule has 0 saturated heterocycles. The van der Waals surface area contributed by atoms with Crippen molar-refractivity contribution in [2.24, 2.45) is 0 Å². The minimum atomic E-state index is -0.831. The molecule has 0 heterocycles. The van der Waals surface area contributed by atoms with Gasteiger partial charge in [0.1, 0.15) is 33.8 Å². The number of carbonyl (C=O) groups is 2. The van der Waals surface area contributed by atoms with Crippen molar-refractivity contribution in [2.75, 3.05) is 0 Å². The second-order valence-electron chi connectivity index (χ2n) is 8.16. The van der Waals surface area contributed by atoms with Crippen LogP contribution in [0.15, 0.2) is 48.5 Å². The van der Waals surface area contributed by atoms with Crippen LogP contribution in [0.3, 0.4) is 0 Å². The maximum atomic E-state index is 12.4. The minimum absolute atomic E-state index is 0.157. The highest BCUT2D eigenvalue weighted by molar-refractivity contribution is 5.95.